The maximum Gasteiger partial charge on any atom is 0.215 e. The lowest BCUT2D eigenvalue weighted by molar-refractivity contribution is 0.182. The summed E-state index contributed by atoms with van der Waals surface area (Å²) in [5.74, 6) is 0.110. The fourth-order valence-corrected chi connectivity index (χ4v) is 2.53. The number of hydrogen-bond donors (Lipinski definition) is 1. The number of methoxy groups -OCH3 is 1. The van der Waals surface area contributed by atoms with Crippen LogP contribution >= 0.6 is 0 Å². The largest absolute Gasteiger partial charge is 0.383 e. The van der Waals surface area contributed by atoms with Crippen molar-refractivity contribution >= 4 is 10.0 Å². The number of hydrogen-bond acceptors (Lipinski definition) is 4. The lowest BCUT2D eigenvalue weighted by atomic mass is 10.6. The maximum absolute atomic E-state index is 11.9. The van der Waals surface area contributed by atoms with Crippen LogP contribution in [0.25, 0.3) is 0 Å². The highest BCUT2D eigenvalue weighted by atomic mass is 32.2. The van der Waals surface area contributed by atoms with Crippen molar-refractivity contribution in [1.82, 2.24) is 9.62 Å². The van der Waals surface area contributed by atoms with Crippen molar-refractivity contribution in [3.63, 3.8) is 0 Å². The summed E-state index contributed by atoms with van der Waals surface area (Å²) in [5, 5.41) is 2.99. The maximum atomic E-state index is 11.9. The molecule has 0 heterocycles. The van der Waals surface area contributed by atoms with Gasteiger partial charge in [0.15, 0.2) is 0 Å². The summed E-state index contributed by atoms with van der Waals surface area (Å²) in [5.41, 5.74) is 0. The van der Waals surface area contributed by atoms with Crippen LogP contribution in [0.5, 0.6) is 0 Å². The van der Waals surface area contributed by atoms with E-state index in [1.165, 1.54) is 4.31 Å². The first-order valence-electron chi connectivity index (χ1n) is 5.36. The van der Waals surface area contributed by atoms with E-state index in [4.69, 9.17) is 4.74 Å². The van der Waals surface area contributed by atoms with E-state index in [2.05, 4.69) is 11.9 Å². The molecule has 16 heavy (non-hydrogen) atoms. The quantitative estimate of drug-likeness (QED) is 0.440. The molecule has 6 heteroatoms. The van der Waals surface area contributed by atoms with Crippen molar-refractivity contribution in [3.8, 4) is 0 Å². The molecule has 0 saturated carbocycles. The summed E-state index contributed by atoms with van der Waals surface area (Å²) in [6, 6.07) is 0. The second-order valence-corrected chi connectivity index (χ2v) is 5.40. The summed E-state index contributed by atoms with van der Waals surface area (Å²) < 4.78 is 30.0. The van der Waals surface area contributed by atoms with Crippen LogP contribution in [0.2, 0.25) is 0 Å². The Bertz CT molecular complexity index is 278. The third kappa shape index (κ3) is 6.22. The first kappa shape index (κ1) is 15.6. The molecule has 96 valence electrons. The van der Waals surface area contributed by atoms with Gasteiger partial charge in [-0.25, -0.2) is 8.42 Å². The number of nitrogens with one attached hydrogen (secondary N) is 1. The van der Waals surface area contributed by atoms with E-state index in [0.29, 0.717) is 26.2 Å². The van der Waals surface area contributed by atoms with Crippen LogP contribution in [-0.2, 0) is 14.8 Å². The molecule has 0 aliphatic rings. The third-order valence-electron chi connectivity index (χ3n) is 2.06. The molecule has 0 aromatic carbocycles. The minimum atomic E-state index is -3.21. The third-order valence-corrected chi connectivity index (χ3v) is 3.90. The van der Waals surface area contributed by atoms with E-state index < -0.39 is 10.0 Å². The number of sulfonamides is 1. The van der Waals surface area contributed by atoms with Gasteiger partial charge in [-0.05, 0) is 6.54 Å². The zero-order valence-corrected chi connectivity index (χ0v) is 10.9. The lowest BCUT2D eigenvalue weighted by Gasteiger charge is -2.20. The Labute approximate surface area is 98.5 Å². The molecule has 0 amide bonds. The number of nitrogens with zero attached hydrogens (tertiary/aromatic N) is 1. The smallest absolute Gasteiger partial charge is 0.215 e. The van der Waals surface area contributed by atoms with E-state index in [9.17, 15) is 8.42 Å². The molecule has 0 rings (SSSR count). The molecule has 0 aromatic rings. The Kier molecular flexibility index (Phi) is 8.46. The van der Waals surface area contributed by atoms with Gasteiger partial charge in [0.05, 0.1) is 12.4 Å². The van der Waals surface area contributed by atoms with Crippen LogP contribution in [-0.4, -0.2) is 58.4 Å². The van der Waals surface area contributed by atoms with E-state index in [-0.39, 0.29) is 5.75 Å². The van der Waals surface area contributed by atoms with E-state index >= 15 is 0 Å². The van der Waals surface area contributed by atoms with Crippen molar-refractivity contribution in [2.24, 2.45) is 0 Å². The molecule has 0 spiro atoms. The van der Waals surface area contributed by atoms with Gasteiger partial charge in [-0.3, -0.25) is 0 Å². The van der Waals surface area contributed by atoms with Gasteiger partial charge in [0.2, 0.25) is 10.0 Å². The van der Waals surface area contributed by atoms with Gasteiger partial charge in [-0.2, -0.15) is 4.31 Å². The first-order chi connectivity index (χ1) is 7.58. The fraction of sp³-hybridized carbons (Fsp3) is 0.800. The van der Waals surface area contributed by atoms with Crippen LogP contribution in [0.4, 0.5) is 0 Å². The molecule has 0 radical (unpaired) electrons. The van der Waals surface area contributed by atoms with Crippen LogP contribution in [0.3, 0.4) is 0 Å². The summed E-state index contributed by atoms with van der Waals surface area (Å²) in [6.45, 7) is 7.84. The molecule has 5 nitrogen and oxygen atoms in total. The highest BCUT2D eigenvalue weighted by molar-refractivity contribution is 7.89. The highest BCUT2D eigenvalue weighted by Crippen LogP contribution is 2.01. The van der Waals surface area contributed by atoms with Gasteiger partial charge in [0.25, 0.3) is 0 Å². The zero-order chi connectivity index (χ0) is 12.4. The second-order valence-electron chi connectivity index (χ2n) is 3.31. The molecule has 0 aliphatic heterocycles. The highest BCUT2D eigenvalue weighted by Gasteiger charge is 2.19. The number of ether oxygens (including phenoxy) is 1. The van der Waals surface area contributed by atoms with Gasteiger partial charge < -0.3 is 10.1 Å². The van der Waals surface area contributed by atoms with E-state index in [1.54, 1.807) is 13.2 Å². The second kappa shape index (κ2) is 8.69. The van der Waals surface area contributed by atoms with Crippen molar-refractivity contribution < 1.29 is 13.2 Å². The van der Waals surface area contributed by atoms with Crippen LogP contribution in [0, 0.1) is 0 Å². The summed E-state index contributed by atoms with van der Waals surface area (Å²) in [7, 11) is -1.66. The van der Waals surface area contributed by atoms with E-state index in [1.807, 2.05) is 6.92 Å². The van der Waals surface area contributed by atoms with Gasteiger partial charge in [0, 0.05) is 26.7 Å². The minimum Gasteiger partial charge on any atom is -0.383 e. The monoisotopic (exact) mass is 250 g/mol. The molecule has 0 aliphatic carbocycles. The molecule has 0 bridgehead atoms. The summed E-state index contributed by atoms with van der Waals surface area (Å²) in [6.07, 6.45) is 1.58. The Balaban J connectivity index is 4.30. The predicted molar refractivity (Wildman–Crippen MR) is 66.0 cm³/mol. The average molecular weight is 250 g/mol. The Morgan fingerprint density at radius 3 is 2.69 bits per heavy atom. The predicted octanol–water partition coefficient (Wildman–Crippen LogP) is 0.0601. The van der Waals surface area contributed by atoms with Gasteiger partial charge in [0.1, 0.15) is 0 Å². The average Bonchev–Trinajstić information content (AvgIpc) is 2.24. The molecule has 0 atom stereocenters. The van der Waals surface area contributed by atoms with Crippen molar-refractivity contribution in [2.45, 2.75) is 6.92 Å². The Morgan fingerprint density at radius 2 is 2.19 bits per heavy atom. The Hall–Kier alpha value is -0.430. The molecule has 1 N–H and O–H groups in total. The topological polar surface area (TPSA) is 58.6 Å². The standard InChI is InChI=1S/C10H22N2O3S/c1-4-7-12(8-9-15-3)16(13,14)10-6-11-5-2/h4,11H,1,5-10H2,2-3H3. The number of rotatable bonds is 10. The Morgan fingerprint density at radius 1 is 1.50 bits per heavy atom. The molecular formula is C10H22N2O3S. The molecular weight excluding hydrogens is 228 g/mol. The molecule has 0 saturated heterocycles. The minimum absolute atomic E-state index is 0.110. The molecule has 0 fully saturated rings. The van der Waals surface area contributed by atoms with Crippen molar-refractivity contribution in [3.05, 3.63) is 12.7 Å². The van der Waals surface area contributed by atoms with Crippen LogP contribution < -0.4 is 5.32 Å². The first-order valence-corrected chi connectivity index (χ1v) is 6.97. The van der Waals surface area contributed by atoms with Gasteiger partial charge in [-0.1, -0.05) is 13.0 Å². The van der Waals surface area contributed by atoms with Gasteiger partial charge >= 0.3 is 0 Å². The SMILES string of the molecule is C=CCN(CCOC)S(=O)(=O)CCNCC. The fourth-order valence-electron chi connectivity index (χ4n) is 1.19. The van der Waals surface area contributed by atoms with Crippen molar-refractivity contribution in [2.75, 3.05) is 45.6 Å². The normalized spacial score (nSPS) is 11.9. The van der Waals surface area contributed by atoms with Gasteiger partial charge in [-0.15, -0.1) is 6.58 Å². The summed E-state index contributed by atoms with van der Waals surface area (Å²) >= 11 is 0. The lowest BCUT2D eigenvalue weighted by Crippen LogP contribution is -2.38. The van der Waals surface area contributed by atoms with Crippen LogP contribution in [0.15, 0.2) is 12.7 Å². The molecule has 0 unspecified atom stereocenters. The zero-order valence-electron chi connectivity index (χ0n) is 10.1. The van der Waals surface area contributed by atoms with Crippen LogP contribution in [0.1, 0.15) is 6.92 Å². The van der Waals surface area contributed by atoms with E-state index in [0.717, 1.165) is 6.54 Å². The van der Waals surface area contributed by atoms with Crippen molar-refractivity contribution in [1.29, 1.82) is 0 Å². The molecule has 0 aromatic heterocycles. The summed E-state index contributed by atoms with van der Waals surface area (Å²) in [4.78, 5) is 0.